The van der Waals surface area contributed by atoms with Gasteiger partial charge in [0.05, 0.1) is 16.6 Å². The predicted octanol–water partition coefficient (Wildman–Crippen LogP) is 2.24. The SMILES string of the molecule is CCN1C(=O)[C@]2(c3ccccc31)c1c(oc3ccccc3c1=O)C(=O)N2CCCO. The molecule has 30 heavy (non-hydrogen) atoms. The molecule has 2 aliphatic rings. The highest BCUT2D eigenvalue weighted by atomic mass is 16.3. The summed E-state index contributed by atoms with van der Waals surface area (Å²) in [6.45, 7) is 2.22. The van der Waals surface area contributed by atoms with Gasteiger partial charge in [0.1, 0.15) is 5.58 Å². The van der Waals surface area contributed by atoms with Gasteiger partial charge in [-0.2, -0.15) is 0 Å². The number of rotatable bonds is 4. The van der Waals surface area contributed by atoms with Gasteiger partial charge in [-0.3, -0.25) is 14.4 Å². The number of aliphatic hydroxyl groups is 1. The summed E-state index contributed by atoms with van der Waals surface area (Å²) >= 11 is 0. The number of nitrogens with zero attached hydrogens (tertiary/aromatic N) is 2. The number of fused-ring (bicyclic) bond motifs is 5. The summed E-state index contributed by atoms with van der Waals surface area (Å²) in [5.74, 6) is -0.959. The summed E-state index contributed by atoms with van der Waals surface area (Å²) in [6.07, 6.45) is 0.275. The number of para-hydroxylation sites is 2. The van der Waals surface area contributed by atoms with Gasteiger partial charge in [-0.05, 0) is 31.5 Å². The second-order valence-electron chi connectivity index (χ2n) is 7.44. The molecule has 0 saturated carbocycles. The van der Waals surface area contributed by atoms with E-state index < -0.39 is 11.4 Å². The normalized spacial score (nSPS) is 19.8. The monoisotopic (exact) mass is 404 g/mol. The molecule has 0 unspecified atom stereocenters. The van der Waals surface area contributed by atoms with Crippen LogP contribution in [-0.4, -0.2) is 41.5 Å². The third kappa shape index (κ3) is 2.10. The number of anilines is 1. The quantitative estimate of drug-likeness (QED) is 0.720. The molecule has 1 spiro atoms. The molecule has 0 fully saturated rings. The molecule has 1 aromatic heterocycles. The Morgan fingerprint density at radius 3 is 2.53 bits per heavy atom. The van der Waals surface area contributed by atoms with E-state index in [1.54, 1.807) is 41.3 Å². The summed E-state index contributed by atoms with van der Waals surface area (Å²) in [4.78, 5) is 44.0. The summed E-state index contributed by atoms with van der Waals surface area (Å²) < 4.78 is 5.90. The minimum atomic E-state index is -1.58. The van der Waals surface area contributed by atoms with Gasteiger partial charge in [0.25, 0.3) is 11.8 Å². The van der Waals surface area contributed by atoms with Gasteiger partial charge in [-0.25, -0.2) is 0 Å². The number of carbonyl (C=O) groups excluding carboxylic acids is 2. The molecule has 0 aliphatic carbocycles. The predicted molar refractivity (Wildman–Crippen MR) is 110 cm³/mol. The van der Waals surface area contributed by atoms with E-state index in [0.29, 0.717) is 28.8 Å². The van der Waals surface area contributed by atoms with E-state index in [-0.39, 0.29) is 42.2 Å². The first-order chi connectivity index (χ1) is 14.6. The Morgan fingerprint density at radius 1 is 1.03 bits per heavy atom. The van der Waals surface area contributed by atoms with Crippen LogP contribution in [0.5, 0.6) is 0 Å². The lowest BCUT2D eigenvalue weighted by atomic mass is 9.84. The number of hydrogen-bond donors (Lipinski definition) is 1. The van der Waals surface area contributed by atoms with E-state index in [1.165, 1.54) is 4.90 Å². The molecule has 0 radical (unpaired) electrons. The van der Waals surface area contributed by atoms with Crippen LogP contribution in [0.4, 0.5) is 5.69 Å². The third-order valence-corrected chi connectivity index (χ3v) is 6.00. The number of amides is 2. The maximum Gasteiger partial charge on any atom is 0.291 e. The first-order valence-electron chi connectivity index (χ1n) is 9.98. The van der Waals surface area contributed by atoms with E-state index >= 15 is 0 Å². The van der Waals surface area contributed by atoms with Gasteiger partial charge < -0.3 is 19.3 Å². The average Bonchev–Trinajstić information content (AvgIpc) is 3.16. The highest BCUT2D eigenvalue weighted by Crippen LogP contribution is 2.52. The number of likely N-dealkylation sites (N-methyl/N-ethyl adjacent to an activating group) is 1. The molecule has 3 aromatic rings. The van der Waals surface area contributed by atoms with Gasteiger partial charge in [-0.15, -0.1) is 0 Å². The lowest BCUT2D eigenvalue weighted by Gasteiger charge is -2.34. The van der Waals surface area contributed by atoms with Gasteiger partial charge in [0.2, 0.25) is 5.76 Å². The summed E-state index contributed by atoms with van der Waals surface area (Å²) in [5, 5.41) is 9.74. The van der Waals surface area contributed by atoms with Gasteiger partial charge in [0, 0.05) is 25.3 Å². The fraction of sp³-hybridized carbons (Fsp3) is 0.261. The van der Waals surface area contributed by atoms with Crippen LogP contribution in [0.2, 0.25) is 0 Å². The molecule has 0 bridgehead atoms. The molecule has 2 aliphatic heterocycles. The molecule has 7 nitrogen and oxygen atoms in total. The molecule has 5 rings (SSSR count). The van der Waals surface area contributed by atoms with Crippen molar-refractivity contribution in [3.8, 4) is 0 Å². The molecule has 1 N–H and O–H groups in total. The molecular formula is C23H20N2O5. The Morgan fingerprint density at radius 2 is 1.77 bits per heavy atom. The molecule has 2 aromatic carbocycles. The second-order valence-corrected chi connectivity index (χ2v) is 7.44. The van der Waals surface area contributed by atoms with E-state index in [9.17, 15) is 19.5 Å². The smallest absolute Gasteiger partial charge is 0.291 e. The summed E-state index contributed by atoms with van der Waals surface area (Å²) in [5.41, 5.74) is -0.333. The lowest BCUT2D eigenvalue weighted by Crippen LogP contribution is -2.53. The zero-order valence-corrected chi connectivity index (χ0v) is 16.4. The largest absolute Gasteiger partial charge is 0.450 e. The topological polar surface area (TPSA) is 91.1 Å². The molecular weight excluding hydrogens is 384 g/mol. The van der Waals surface area contributed by atoms with Crippen LogP contribution in [0, 0.1) is 0 Å². The Bertz CT molecular complexity index is 1260. The van der Waals surface area contributed by atoms with Gasteiger partial charge in [-0.1, -0.05) is 30.3 Å². The van der Waals surface area contributed by atoms with Crippen molar-refractivity contribution in [2.24, 2.45) is 0 Å². The van der Waals surface area contributed by atoms with Crippen LogP contribution in [0.15, 0.2) is 57.7 Å². The molecule has 2 amide bonds. The van der Waals surface area contributed by atoms with Crippen molar-refractivity contribution in [2.45, 2.75) is 18.9 Å². The molecule has 1 atom stereocenters. The highest BCUT2D eigenvalue weighted by Gasteiger charge is 2.64. The zero-order chi connectivity index (χ0) is 21.0. The Kier molecular flexibility index (Phi) is 4.04. The fourth-order valence-electron chi connectivity index (χ4n) is 4.78. The average molecular weight is 404 g/mol. The van der Waals surface area contributed by atoms with Gasteiger partial charge in [0.15, 0.2) is 11.0 Å². The molecule has 7 heteroatoms. The van der Waals surface area contributed by atoms with E-state index in [2.05, 4.69) is 0 Å². The van der Waals surface area contributed by atoms with Crippen molar-refractivity contribution in [3.63, 3.8) is 0 Å². The minimum absolute atomic E-state index is 0.0672. The number of benzene rings is 2. The van der Waals surface area contributed by atoms with Crippen LogP contribution >= 0.6 is 0 Å². The standard InChI is InChI=1S/C23H20N2O5/c1-2-24-16-10-5-4-9-15(16)23(22(24)29)18-19(27)14-8-3-6-11-17(14)30-20(18)21(28)25(23)12-7-13-26/h3-6,8-11,26H,2,7,12-13H2,1H3/t23-/m0/s1. The maximum atomic E-state index is 13.9. The Hall–Kier alpha value is -3.45. The van der Waals surface area contributed by atoms with Crippen molar-refractivity contribution >= 4 is 28.5 Å². The van der Waals surface area contributed by atoms with Crippen LogP contribution < -0.4 is 10.3 Å². The highest BCUT2D eigenvalue weighted by molar-refractivity contribution is 6.17. The zero-order valence-electron chi connectivity index (χ0n) is 16.4. The van der Waals surface area contributed by atoms with Crippen LogP contribution in [0.3, 0.4) is 0 Å². The van der Waals surface area contributed by atoms with Crippen molar-refractivity contribution in [1.29, 1.82) is 0 Å². The van der Waals surface area contributed by atoms with E-state index in [1.807, 2.05) is 19.1 Å². The van der Waals surface area contributed by atoms with Crippen LogP contribution in [0.1, 0.15) is 35.0 Å². The van der Waals surface area contributed by atoms with Crippen molar-refractivity contribution < 1.29 is 19.1 Å². The molecule has 152 valence electrons. The summed E-state index contributed by atoms with van der Waals surface area (Å²) in [7, 11) is 0. The summed E-state index contributed by atoms with van der Waals surface area (Å²) in [6, 6.07) is 13.9. The van der Waals surface area contributed by atoms with Crippen molar-refractivity contribution in [3.05, 3.63) is 75.6 Å². The third-order valence-electron chi connectivity index (χ3n) is 6.00. The fourth-order valence-corrected chi connectivity index (χ4v) is 4.78. The number of hydrogen-bond acceptors (Lipinski definition) is 5. The first kappa shape index (κ1) is 18.6. The minimum Gasteiger partial charge on any atom is -0.450 e. The molecule has 0 saturated heterocycles. The second kappa shape index (κ2) is 6.53. The molecule has 3 heterocycles. The first-order valence-corrected chi connectivity index (χ1v) is 9.98. The van der Waals surface area contributed by atoms with Crippen LogP contribution in [0.25, 0.3) is 11.0 Å². The number of carbonyl (C=O) groups is 2. The van der Waals surface area contributed by atoms with Crippen molar-refractivity contribution in [2.75, 3.05) is 24.6 Å². The Balaban J connectivity index is 1.92. The van der Waals surface area contributed by atoms with Crippen LogP contribution in [-0.2, 0) is 10.3 Å². The lowest BCUT2D eigenvalue weighted by molar-refractivity contribution is -0.126. The van der Waals surface area contributed by atoms with E-state index in [0.717, 1.165) is 0 Å². The number of aliphatic hydroxyl groups excluding tert-OH is 1. The van der Waals surface area contributed by atoms with E-state index in [4.69, 9.17) is 4.42 Å². The maximum absolute atomic E-state index is 13.9. The van der Waals surface area contributed by atoms with Crippen molar-refractivity contribution in [1.82, 2.24) is 4.90 Å². The van der Waals surface area contributed by atoms with Gasteiger partial charge >= 0.3 is 0 Å². The Labute approximate surface area is 172 Å².